The van der Waals surface area contributed by atoms with E-state index in [9.17, 15) is 22.4 Å². The fourth-order valence-corrected chi connectivity index (χ4v) is 4.14. The third-order valence-corrected chi connectivity index (χ3v) is 5.77. The predicted molar refractivity (Wildman–Crippen MR) is 114 cm³/mol. The molecule has 1 atom stereocenters. The van der Waals surface area contributed by atoms with Crippen molar-refractivity contribution in [3.8, 4) is 22.6 Å². The van der Waals surface area contributed by atoms with Gasteiger partial charge in [-0.3, -0.25) is 14.5 Å². The van der Waals surface area contributed by atoms with Gasteiger partial charge in [-0.1, -0.05) is 16.8 Å². The van der Waals surface area contributed by atoms with Crippen LogP contribution in [-0.4, -0.2) is 32.4 Å². The number of amides is 1. The first kappa shape index (κ1) is 22.1. The minimum absolute atomic E-state index is 0.172. The number of nitrogens with zero attached hydrogens (tertiary/aromatic N) is 5. The van der Waals surface area contributed by atoms with Gasteiger partial charge in [0.2, 0.25) is 0 Å². The maximum Gasteiger partial charge on any atom is 0.417 e. The van der Waals surface area contributed by atoms with Crippen molar-refractivity contribution in [2.24, 2.45) is 0 Å². The number of carbonyl (C=O) groups excluding carboxylic acids is 1. The Kier molecular flexibility index (Phi) is 5.16. The van der Waals surface area contributed by atoms with Crippen LogP contribution in [0.1, 0.15) is 29.0 Å². The number of aromatic nitrogens is 4. The molecule has 174 valence electrons. The van der Waals surface area contributed by atoms with E-state index in [2.05, 4.69) is 15.2 Å². The van der Waals surface area contributed by atoms with E-state index in [1.54, 1.807) is 0 Å². The van der Waals surface area contributed by atoms with Crippen LogP contribution in [0.5, 0.6) is 0 Å². The van der Waals surface area contributed by atoms with Crippen molar-refractivity contribution in [3.63, 3.8) is 0 Å². The molecule has 5 rings (SSSR count). The van der Waals surface area contributed by atoms with Crippen molar-refractivity contribution in [2.45, 2.75) is 19.1 Å². The highest BCUT2D eigenvalue weighted by atomic mass is 35.5. The second kappa shape index (κ2) is 7.94. The van der Waals surface area contributed by atoms with Crippen molar-refractivity contribution >= 4 is 23.2 Å². The molecule has 7 nitrogen and oxygen atoms in total. The molecule has 3 aromatic heterocycles. The molecule has 34 heavy (non-hydrogen) atoms. The van der Waals surface area contributed by atoms with E-state index in [1.165, 1.54) is 40.2 Å². The van der Waals surface area contributed by atoms with Gasteiger partial charge in [-0.15, -0.1) is 0 Å². The number of hydrogen-bond acceptors (Lipinski definition) is 5. The van der Waals surface area contributed by atoms with Gasteiger partial charge in [0.15, 0.2) is 5.76 Å². The Labute approximate surface area is 194 Å². The normalized spacial score (nSPS) is 16.1. The summed E-state index contributed by atoms with van der Waals surface area (Å²) >= 11 is 5.87. The van der Waals surface area contributed by atoms with E-state index >= 15 is 0 Å². The Balaban J connectivity index is 1.52. The molecule has 1 aromatic carbocycles. The maximum atomic E-state index is 13.5. The Morgan fingerprint density at radius 2 is 1.94 bits per heavy atom. The number of anilines is 1. The van der Waals surface area contributed by atoms with Crippen LogP contribution < -0.4 is 4.90 Å². The molecule has 0 saturated carbocycles. The first-order chi connectivity index (χ1) is 16.1. The standard InChI is InChI=1S/C22H14ClF4N5O2/c1-11-10-31(14-2-3-16(17(23)5-14)22(25,26)27)21(33)20-15(9-29-32(11)20)19-6-18(30-34-19)12-4-13(24)8-28-7-12/h2-9,11H,10H2,1H3. The van der Waals surface area contributed by atoms with Gasteiger partial charge in [0, 0.05) is 30.1 Å². The fourth-order valence-electron chi connectivity index (χ4n) is 3.86. The first-order valence-corrected chi connectivity index (χ1v) is 10.4. The average molecular weight is 492 g/mol. The monoisotopic (exact) mass is 491 g/mol. The fraction of sp³-hybridized carbons (Fsp3) is 0.182. The molecule has 12 heteroatoms. The van der Waals surface area contributed by atoms with E-state index in [-0.39, 0.29) is 29.7 Å². The van der Waals surface area contributed by atoms with Gasteiger partial charge >= 0.3 is 6.18 Å². The molecule has 1 unspecified atom stereocenters. The predicted octanol–water partition coefficient (Wildman–Crippen LogP) is 5.63. The molecule has 1 aliphatic heterocycles. The zero-order valence-electron chi connectivity index (χ0n) is 17.3. The van der Waals surface area contributed by atoms with Gasteiger partial charge in [-0.25, -0.2) is 4.39 Å². The van der Waals surface area contributed by atoms with E-state index in [4.69, 9.17) is 16.1 Å². The summed E-state index contributed by atoms with van der Waals surface area (Å²) in [6.07, 6.45) is -0.689. The molecular formula is C22H14ClF4N5O2. The van der Waals surface area contributed by atoms with Crippen LogP contribution in [0, 0.1) is 5.82 Å². The summed E-state index contributed by atoms with van der Waals surface area (Å²) in [4.78, 5) is 18.5. The van der Waals surface area contributed by atoms with Crippen LogP contribution in [0.3, 0.4) is 0 Å². The molecule has 0 N–H and O–H groups in total. The average Bonchev–Trinajstić information content (AvgIpc) is 3.43. The van der Waals surface area contributed by atoms with E-state index in [0.29, 0.717) is 16.8 Å². The molecule has 0 bridgehead atoms. The van der Waals surface area contributed by atoms with Gasteiger partial charge in [-0.2, -0.15) is 18.3 Å². The van der Waals surface area contributed by atoms with Crippen LogP contribution in [0.25, 0.3) is 22.6 Å². The van der Waals surface area contributed by atoms with Crippen molar-refractivity contribution < 1.29 is 26.9 Å². The zero-order chi connectivity index (χ0) is 24.2. The lowest BCUT2D eigenvalue weighted by molar-refractivity contribution is -0.137. The molecule has 0 radical (unpaired) electrons. The molecule has 0 fully saturated rings. The number of benzene rings is 1. The third kappa shape index (κ3) is 3.71. The second-order valence-electron chi connectivity index (χ2n) is 7.75. The second-order valence-corrected chi connectivity index (χ2v) is 8.15. The topological polar surface area (TPSA) is 77.1 Å². The van der Waals surface area contributed by atoms with Crippen LogP contribution in [-0.2, 0) is 6.18 Å². The Bertz CT molecular complexity index is 1410. The molecule has 4 aromatic rings. The van der Waals surface area contributed by atoms with Crippen LogP contribution >= 0.6 is 11.6 Å². The number of hydrogen-bond donors (Lipinski definition) is 0. The molecule has 1 aliphatic rings. The molecular weight excluding hydrogens is 478 g/mol. The number of carbonyl (C=O) groups is 1. The largest absolute Gasteiger partial charge is 0.417 e. The third-order valence-electron chi connectivity index (χ3n) is 5.45. The van der Waals surface area contributed by atoms with E-state index in [0.717, 1.165) is 18.3 Å². The molecule has 1 amide bonds. The molecule has 0 saturated heterocycles. The highest BCUT2D eigenvalue weighted by molar-refractivity contribution is 6.31. The molecule has 0 spiro atoms. The zero-order valence-corrected chi connectivity index (χ0v) is 18.1. The Morgan fingerprint density at radius 3 is 2.65 bits per heavy atom. The number of halogens is 5. The number of fused-ring (bicyclic) bond motifs is 1. The van der Waals surface area contributed by atoms with Crippen LogP contribution in [0.15, 0.2) is 53.4 Å². The quantitative estimate of drug-likeness (QED) is 0.347. The summed E-state index contributed by atoms with van der Waals surface area (Å²) in [6.45, 7) is 1.99. The van der Waals surface area contributed by atoms with Gasteiger partial charge in [0.1, 0.15) is 17.2 Å². The minimum atomic E-state index is -4.61. The lowest BCUT2D eigenvalue weighted by Gasteiger charge is -2.32. The molecule has 0 aliphatic carbocycles. The van der Waals surface area contributed by atoms with Gasteiger partial charge in [0.05, 0.1) is 34.6 Å². The summed E-state index contributed by atoms with van der Waals surface area (Å²) < 4.78 is 59.7. The van der Waals surface area contributed by atoms with Crippen molar-refractivity contribution in [1.29, 1.82) is 0 Å². The van der Waals surface area contributed by atoms with E-state index in [1.807, 2.05) is 6.92 Å². The van der Waals surface area contributed by atoms with E-state index < -0.39 is 28.5 Å². The summed E-state index contributed by atoms with van der Waals surface area (Å²) in [5.41, 5.74) is 0.443. The van der Waals surface area contributed by atoms with Crippen molar-refractivity contribution in [1.82, 2.24) is 19.9 Å². The number of rotatable bonds is 3. The van der Waals surface area contributed by atoms with Gasteiger partial charge < -0.3 is 9.42 Å². The Hall–Kier alpha value is -3.73. The lowest BCUT2D eigenvalue weighted by atomic mass is 10.1. The summed E-state index contributed by atoms with van der Waals surface area (Å²) in [5, 5.41) is 7.71. The number of alkyl halides is 3. The summed E-state index contributed by atoms with van der Waals surface area (Å²) in [7, 11) is 0. The number of pyridine rings is 1. The SMILES string of the molecule is CC1CN(c2ccc(C(F)(F)F)c(Cl)c2)C(=O)c2c(-c3cc(-c4cncc(F)c4)no3)cnn21. The van der Waals surface area contributed by atoms with Crippen molar-refractivity contribution in [2.75, 3.05) is 11.4 Å². The van der Waals surface area contributed by atoms with Crippen LogP contribution in [0.2, 0.25) is 5.02 Å². The van der Waals surface area contributed by atoms with Crippen molar-refractivity contribution in [3.05, 3.63) is 71.0 Å². The minimum Gasteiger partial charge on any atom is -0.356 e. The smallest absolute Gasteiger partial charge is 0.356 e. The Morgan fingerprint density at radius 1 is 1.15 bits per heavy atom. The lowest BCUT2D eigenvalue weighted by Crippen LogP contribution is -2.42. The summed E-state index contributed by atoms with van der Waals surface area (Å²) in [5.74, 6) is -0.819. The maximum absolute atomic E-state index is 13.5. The summed E-state index contributed by atoms with van der Waals surface area (Å²) in [6, 6.07) is 5.64. The van der Waals surface area contributed by atoms with Crippen LogP contribution in [0.4, 0.5) is 23.2 Å². The molecule has 4 heterocycles. The highest BCUT2D eigenvalue weighted by Gasteiger charge is 2.37. The first-order valence-electron chi connectivity index (χ1n) is 9.97. The van der Waals surface area contributed by atoms with Gasteiger partial charge in [0.25, 0.3) is 5.91 Å². The van der Waals surface area contributed by atoms with Gasteiger partial charge in [-0.05, 0) is 31.2 Å². The highest BCUT2D eigenvalue weighted by Crippen LogP contribution is 2.39.